The smallest absolute Gasteiger partial charge is 0.192 e. The second kappa shape index (κ2) is 8.86. The summed E-state index contributed by atoms with van der Waals surface area (Å²) in [4.78, 5) is 4.80. The molecule has 0 radical (unpaired) electrons. The van der Waals surface area contributed by atoms with Crippen molar-refractivity contribution < 1.29 is 4.43 Å². The summed E-state index contributed by atoms with van der Waals surface area (Å²) in [6.07, 6.45) is 7.88. The van der Waals surface area contributed by atoms with Crippen LogP contribution in [0.25, 0.3) is 0 Å². The summed E-state index contributed by atoms with van der Waals surface area (Å²) in [7, 11) is -1.40. The summed E-state index contributed by atoms with van der Waals surface area (Å²) in [6.45, 7) is 8.67. The Morgan fingerprint density at radius 1 is 1.06 bits per heavy atom. The summed E-state index contributed by atoms with van der Waals surface area (Å²) in [6, 6.07) is 3.81. The molecule has 2 nitrogen and oxygen atoms in total. The van der Waals surface area contributed by atoms with Gasteiger partial charge in [-0.05, 0) is 57.2 Å². The SMILES string of the molecule is CCO[Si](CC)(CC)CCCN=C1CCCCC1. The molecule has 1 aliphatic rings. The standard InChI is InChI=1S/C15H31NOSi/c1-4-17-18(5-2,6-3)14-10-13-16-15-11-8-7-9-12-15/h4-14H2,1-3H3. The Hall–Kier alpha value is -0.153. The number of hydrogen-bond acceptors (Lipinski definition) is 2. The highest BCUT2D eigenvalue weighted by Gasteiger charge is 2.29. The van der Waals surface area contributed by atoms with Gasteiger partial charge in [0, 0.05) is 18.9 Å². The summed E-state index contributed by atoms with van der Waals surface area (Å²) in [5.74, 6) is 0. The fraction of sp³-hybridized carbons (Fsp3) is 0.933. The van der Waals surface area contributed by atoms with Crippen LogP contribution in [0.3, 0.4) is 0 Å². The molecule has 0 spiro atoms. The Balaban J connectivity index is 2.29. The summed E-state index contributed by atoms with van der Waals surface area (Å²) < 4.78 is 6.11. The highest BCUT2D eigenvalue weighted by molar-refractivity contribution is 6.73. The maximum Gasteiger partial charge on any atom is 0.192 e. The van der Waals surface area contributed by atoms with Crippen molar-refractivity contribution in [1.82, 2.24) is 0 Å². The Labute approximate surface area is 114 Å². The first-order chi connectivity index (χ1) is 8.76. The van der Waals surface area contributed by atoms with Gasteiger partial charge in [0.1, 0.15) is 0 Å². The van der Waals surface area contributed by atoms with Crippen LogP contribution >= 0.6 is 0 Å². The molecule has 0 aromatic heterocycles. The van der Waals surface area contributed by atoms with Gasteiger partial charge in [-0.25, -0.2) is 0 Å². The topological polar surface area (TPSA) is 21.6 Å². The molecule has 18 heavy (non-hydrogen) atoms. The molecular formula is C15H31NOSi. The van der Waals surface area contributed by atoms with Crippen LogP contribution in [-0.4, -0.2) is 27.2 Å². The molecule has 0 unspecified atom stereocenters. The second-order valence-electron chi connectivity index (χ2n) is 5.44. The van der Waals surface area contributed by atoms with Crippen LogP contribution in [0.1, 0.15) is 59.3 Å². The quantitative estimate of drug-likeness (QED) is 0.458. The molecule has 0 heterocycles. The summed E-state index contributed by atoms with van der Waals surface area (Å²) >= 11 is 0. The van der Waals surface area contributed by atoms with Crippen LogP contribution in [0.2, 0.25) is 18.1 Å². The first kappa shape index (κ1) is 15.9. The monoisotopic (exact) mass is 269 g/mol. The zero-order valence-corrected chi connectivity index (χ0v) is 13.6. The lowest BCUT2D eigenvalue weighted by molar-refractivity contribution is 0.319. The van der Waals surface area contributed by atoms with E-state index in [1.807, 2.05) is 0 Å². The van der Waals surface area contributed by atoms with E-state index in [1.54, 1.807) is 0 Å². The Bertz CT molecular complexity index is 241. The number of rotatable bonds is 8. The number of nitrogens with zero attached hydrogens (tertiary/aromatic N) is 1. The lowest BCUT2D eigenvalue weighted by Gasteiger charge is -2.28. The van der Waals surface area contributed by atoms with E-state index < -0.39 is 8.32 Å². The van der Waals surface area contributed by atoms with Crippen LogP contribution in [0.15, 0.2) is 4.99 Å². The number of hydrogen-bond donors (Lipinski definition) is 0. The van der Waals surface area contributed by atoms with E-state index in [0.29, 0.717) is 0 Å². The lowest BCUT2D eigenvalue weighted by Crippen LogP contribution is -2.36. The fourth-order valence-electron chi connectivity index (χ4n) is 2.94. The van der Waals surface area contributed by atoms with E-state index in [4.69, 9.17) is 9.42 Å². The maximum absolute atomic E-state index is 6.11. The molecule has 0 N–H and O–H groups in total. The predicted octanol–water partition coefficient (Wildman–Crippen LogP) is 4.80. The minimum Gasteiger partial charge on any atom is -0.417 e. The molecular weight excluding hydrogens is 238 g/mol. The average molecular weight is 270 g/mol. The molecule has 3 heteroatoms. The van der Waals surface area contributed by atoms with Crippen LogP contribution in [0.5, 0.6) is 0 Å². The molecule has 0 aromatic carbocycles. The first-order valence-corrected chi connectivity index (χ1v) is 10.5. The van der Waals surface area contributed by atoms with Gasteiger partial charge in [-0.15, -0.1) is 0 Å². The van der Waals surface area contributed by atoms with Gasteiger partial charge in [0.05, 0.1) is 0 Å². The van der Waals surface area contributed by atoms with Crippen LogP contribution in [0.4, 0.5) is 0 Å². The van der Waals surface area contributed by atoms with Crippen molar-refractivity contribution in [3.63, 3.8) is 0 Å². The van der Waals surface area contributed by atoms with Crippen molar-refractivity contribution in [2.75, 3.05) is 13.2 Å². The van der Waals surface area contributed by atoms with Crippen molar-refractivity contribution in [3.05, 3.63) is 0 Å². The van der Waals surface area contributed by atoms with Gasteiger partial charge in [0.2, 0.25) is 0 Å². The lowest BCUT2D eigenvalue weighted by atomic mass is 9.98. The Kier molecular flexibility index (Phi) is 7.83. The van der Waals surface area contributed by atoms with E-state index in [-0.39, 0.29) is 0 Å². The Morgan fingerprint density at radius 2 is 1.72 bits per heavy atom. The zero-order valence-electron chi connectivity index (χ0n) is 12.6. The first-order valence-electron chi connectivity index (χ1n) is 7.92. The predicted molar refractivity (Wildman–Crippen MR) is 83.2 cm³/mol. The number of aliphatic imine (C=N–C) groups is 1. The third kappa shape index (κ3) is 5.23. The van der Waals surface area contributed by atoms with E-state index in [1.165, 1.54) is 62.4 Å². The molecule has 106 valence electrons. The van der Waals surface area contributed by atoms with E-state index in [2.05, 4.69) is 20.8 Å². The normalized spacial score (nSPS) is 16.9. The molecule has 0 saturated heterocycles. The molecule has 1 fully saturated rings. The fourth-order valence-corrected chi connectivity index (χ4v) is 6.12. The zero-order chi connectivity index (χ0) is 13.3. The van der Waals surface area contributed by atoms with Crippen LogP contribution in [-0.2, 0) is 4.43 Å². The molecule has 1 saturated carbocycles. The molecule has 1 aliphatic carbocycles. The van der Waals surface area contributed by atoms with E-state index in [9.17, 15) is 0 Å². The largest absolute Gasteiger partial charge is 0.417 e. The van der Waals surface area contributed by atoms with Crippen molar-refractivity contribution >= 4 is 14.0 Å². The van der Waals surface area contributed by atoms with Gasteiger partial charge in [-0.1, -0.05) is 20.3 Å². The van der Waals surface area contributed by atoms with Crippen LogP contribution < -0.4 is 0 Å². The molecule has 1 rings (SSSR count). The minimum absolute atomic E-state index is 0.891. The highest BCUT2D eigenvalue weighted by atomic mass is 28.4. The van der Waals surface area contributed by atoms with Gasteiger partial charge in [0.25, 0.3) is 0 Å². The minimum atomic E-state index is -1.40. The highest BCUT2D eigenvalue weighted by Crippen LogP contribution is 2.24. The molecule has 0 bridgehead atoms. The summed E-state index contributed by atoms with van der Waals surface area (Å²) in [5.41, 5.74) is 1.48. The molecule has 0 aromatic rings. The van der Waals surface area contributed by atoms with E-state index in [0.717, 1.165) is 13.2 Å². The van der Waals surface area contributed by atoms with Crippen molar-refractivity contribution in [2.24, 2.45) is 4.99 Å². The van der Waals surface area contributed by atoms with E-state index >= 15 is 0 Å². The van der Waals surface area contributed by atoms with Gasteiger partial charge in [-0.2, -0.15) is 0 Å². The van der Waals surface area contributed by atoms with Crippen LogP contribution in [0, 0.1) is 0 Å². The van der Waals surface area contributed by atoms with Crippen molar-refractivity contribution in [1.29, 1.82) is 0 Å². The average Bonchev–Trinajstić information content (AvgIpc) is 2.43. The maximum atomic E-state index is 6.11. The van der Waals surface area contributed by atoms with Gasteiger partial charge in [-0.3, -0.25) is 4.99 Å². The molecule has 0 amide bonds. The third-order valence-corrected chi connectivity index (χ3v) is 9.04. The summed E-state index contributed by atoms with van der Waals surface area (Å²) in [5, 5.41) is 0. The van der Waals surface area contributed by atoms with Crippen molar-refractivity contribution in [2.45, 2.75) is 77.4 Å². The molecule has 0 aliphatic heterocycles. The van der Waals surface area contributed by atoms with Gasteiger partial charge in [0.15, 0.2) is 8.32 Å². The second-order valence-corrected chi connectivity index (χ2v) is 10.0. The Morgan fingerprint density at radius 3 is 2.28 bits per heavy atom. The van der Waals surface area contributed by atoms with Crippen molar-refractivity contribution in [3.8, 4) is 0 Å². The van der Waals surface area contributed by atoms with Gasteiger partial charge < -0.3 is 4.43 Å². The molecule has 0 atom stereocenters. The third-order valence-electron chi connectivity index (χ3n) is 4.30. The van der Waals surface area contributed by atoms with Gasteiger partial charge >= 0.3 is 0 Å².